The Morgan fingerprint density at radius 2 is 1.88 bits per heavy atom. The molecule has 1 spiro atoms. The maximum atomic E-state index is 13.6. The Kier molecular flexibility index (Phi) is 7.91. The molecule has 1 aromatic heterocycles. The van der Waals surface area contributed by atoms with Crippen LogP contribution in [-0.4, -0.2) is 64.7 Å². The van der Waals surface area contributed by atoms with Crippen LogP contribution in [0.1, 0.15) is 67.8 Å². The second kappa shape index (κ2) is 11.1. The lowest BCUT2D eigenvalue weighted by Crippen LogP contribution is -2.51. The highest BCUT2D eigenvalue weighted by atomic mass is 16.5. The quantitative estimate of drug-likeness (QED) is 0.681. The molecule has 1 aromatic carbocycles. The molecule has 34 heavy (non-hydrogen) atoms. The highest BCUT2D eigenvalue weighted by molar-refractivity contribution is 5.94. The molecule has 0 radical (unpaired) electrons. The number of fused-ring (bicyclic) bond motifs is 1. The first-order valence-corrected chi connectivity index (χ1v) is 12.8. The molecular formula is C27H38N4O3. The Bertz CT molecular complexity index is 978. The molecular weight excluding hydrogens is 428 g/mol. The highest BCUT2D eigenvalue weighted by Gasteiger charge is 2.43. The van der Waals surface area contributed by atoms with Crippen molar-refractivity contribution in [2.75, 3.05) is 33.3 Å². The second-order valence-electron chi connectivity index (χ2n) is 9.81. The predicted molar refractivity (Wildman–Crippen MR) is 132 cm³/mol. The minimum atomic E-state index is -0.390. The van der Waals surface area contributed by atoms with Crippen molar-refractivity contribution >= 4 is 11.8 Å². The number of carbonyl (C=O) groups excluding carboxylic acids is 2. The molecule has 0 unspecified atom stereocenters. The van der Waals surface area contributed by atoms with Gasteiger partial charge in [0.2, 0.25) is 5.91 Å². The van der Waals surface area contributed by atoms with Crippen LogP contribution in [-0.2, 0) is 17.8 Å². The van der Waals surface area contributed by atoms with Gasteiger partial charge in [0.05, 0.1) is 23.7 Å². The van der Waals surface area contributed by atoms with Gasteiger partial charge in [-0.1, -0.05) is 38.0 Å². The van der Waals surface area contributed by atoms with Crippen LogP contribution in [0.2, 0.25) is 0 Å². The topological polar surface area (TPSA) is 67.7 Å². The summed E-state index contributed by atoms with van der Waals surface area (Å²) in [6.45, 7) is 5.18. The van der Waals surface area contributed by atoms with Crippen molar-refractivity contribution in [2.45, 2.75) is 64.8 Å². The van der Waals surface area contributed by atoms with E-state index in [4.69, 9.17) is 4.74 Å². The number of aromatic nitrogens is 2. The third-order valence-corrected chi connectivity index (χ3v) is 7.40. The fourth-order valence-electron chi connectivity index (χ4n) is 5.32. The number of likely N-dealkylation sites (tertiary alicyclic amines) is 1. The largest absolute Gasteiger partial charge is 0.491 e. The molecule has 2 amide bonds. The minimum absolute atomic E-state index is 0.0220. The molecule has 1 saturated heterocycles. The number of hydrogen-bond acceptors (Lipinski definition) is 4. The Hall–Kier alpha value is -2.83. The number of rotatable bonds is 3. The van der Waals surface area contributed by atoms with Gasteiger partial charge in [-0.15, -0.1) is 0 Å². The molecule has 7 nitrogen and oxygen atoms in total. The molecule has 1 fully saturated rings. The fraction of sp³-hybridized carbons (Fsp3) is 0.593. The average molecular weight is 467 g/mol. The van der Waals surface area contributed by atoms with Crippen molar-refractivity contribution in [3.05, 3.63) is 47.8 Å². The SMILES string of the molecule is CCCn1cc(C(=O)N2CCC3(CCCCCc4ccccc4OCCN(C)C3=O)CC2)cn1. The Morgan fingerprint density at radius 1 is 1.09 bits per heavy atom. The van der Waals surface area contributed by atoms with Crippen LogP contribution >= 0.6 is 0 Å². The van der Waals surface area contributed by atoms with Gasteiger partial charge >= 0.3 is 0 Å². The zero-order valence-electron chi connectivity index (χ0n) is 20.7. The number of nitrogens with zero attached hydrogens (tertiary/aromatic N) is 4. The van der Waals surface area contributed by atoms with E-state index in [0.717, 1.165) is 50.8 Å². The van der Waals surface area contributed by atoms with Crippen LogP contribution in [0, 0.1) is 5.41 Å². The summed E-state index contributed by atoms with van der Waals surface area (Å²) in [7, 11) is 1.89. The van der Waals surface area contributed by atoms with E-state index in [1.54, 1.807) is 6.20 Å². The molecule has 0 bridgehead atoms. The molecule has 2 aliphatic rings. The number of aryl methyl sites for hydroxylation is 2. The van der Waals surface area contributed by atoms with Crippen molar-refractivity contribution in [3.63, 3.8) is 0 Å². The number of piperidine rings is 1. The molecule has 0 saturated carbocycles. The standard InChI is InChI=1S/C27H38N4O3/c1-3-15-31-21-23(20-28-31)25(32)30-16-13-27(14-17-30)12-8-4-5-9-22-10-6-7-11-24(22)34-19-18-29(2)26(27)33/h6-7,10-11,20-21H,3-5,8-9,12-19H2,1-2H3. The number of likely N-dealkylation sites (N-methyl/N-ethyl adjacent to an activating group) is 1. The predicted octanol–water partition coefficient (Wildman–Crippen LogP) is 4.17. The average Bonchev–Trinajstić information content (AvgIpc) is 3.32. The van der Waals surface area contributed by atoms with Gasteiger partial charge in [0, 0.05) is 32.9 Å². The summed E-state index contributed by atoms with van der Waals surface area (Å²) in [5.74, 6) is 1.16. The summed E-state index contributed by atoms with van der Waals surface area (Å²) in [6.07, 6.45) is 11.0. The van der Waals surface area contributed by atoms with Gasteiger partial charge in [-0.2, -0.15) is 5.10 Å². The van der Waals surface area contributed by atoms with Crippen LogP contribution < -0.4 is 4.74 Å². The number of hydrogen-bond donors (Lipinski definition) is 0. The van der Waals surface area contributed by atoms with E-state index in [-0.39, 0.29) is 11.8 Å². The molecule has 184 valence electrons. The first-order valence-electron chi connectivity index (χ1n) is 12.8. The molecule has 0 N–H and O–H groups in total. The highest BCUT2D eigenvalue weighted by Crippen LogP contribution is 2.39. The van der Waals surface area contributed by atoms with Crippen molar-refractivity contribution in [2.24, 2.45) is 5.41 Å². The summed E-state index contributed by atoms with van der Waals surface area (Å²) >= 11 is 0. The van der Waals surface area contributed by atoms with Gasteiger partial charge < -0.3 is 14.5 Å². The third kappa shape index (κ3) is 5.45. The summed E-state index contributed by atoms with van der Waals surface area (Å²) in [5, 5.41) is 4.31. The second-order valence-corrected chi connectivity index (χ2v) is 9.81. The zero-order chi connectivity index (χ0) is 24.0. The van der Waals surface area contributed by atoms with Crippen molar-refractivity contribution in [1.82, 2.24) is 19.6 Å². The van der Waals surface area contributed by atoms with E-state index in [9.17, 15) is 9.59 Å². The van der Waals surface area contributed by atoms with Crippen LogP contribution in [0.25, 0.3) is 0 Å². The number of amides is 2. The monoisotopic (exact) mass is 466 g/mol. The summed E-state index contributed by atoms with van der Waals surface area (Å²) < 4.78 is 7.88. The number of ether oxygens (including phenoxy) is 1. The maximum absolute atomic E-state index is 13.6. The first kappa shape index (κ1) is 24.3. The van der Waals surface area contributed by atoms with Crippen LogP contribution in [0.4, 0.5) is 0 Å². The van der Waals surface area contributed by atoms with E-state index in [0.29, 0.717) is 44.6 Å². The third-order valence-electron chi connectivity index (χ3n) is 7.40. The smallest absolute Gasteiger partial charge is 0.257 e. The van der Waals surface area contributed by atoms with E-state index in [1.807, 2.05) is 39.9 Å². The molecule has 3 heterocycles. The minimum Gasteiger partial charge on any atom is -0.491 e. The van der Waals surface area contributed by atoms with E-state index < -0.39 is 5.41 Å². The molecule has 4 rings (SSSR count). The van der Waals surface area contributed by atoms with Crippen molar-refractivity contribution in [3.8, 4) is 5.75 Å². The number of para-hydroxylation sites is 1. The summed E-state index contributed by atoms with van der Waals surface area (Å²) in [5.41, 5.74) is 1.50. The van der Waals surface area contributed by atoms with Gasteiger partial charge in [0.1, 0.15) is 12.4 Å². The van der Waals surface area contributed by atoms with Crippen molar-refractivity contribution < 1.29 is 14.3 Å². The molecule has 0 aliphatic carbocycles. The Morgan fingerprint density at radius 3 is 2.68 bits per heavy atom. The Labute approximate surface area is 203 Å². The zero-order valence-corrected chi connectivity index (χ0v) is 20.7. The van der Waals surface area contributed by atoms with Crippen molar-refractivity contribution in [1.29, 1.82) is 0 Å². The number of carbonyl (C=O) groups is 2. The van der Waals surface area contributed by atoms with Crippen LogP contribution in [0.15, 0.2) is 36.7 Å². The Balaban J connectivity index is 1.42. The van der Waals surface area contributed by atoms with E-state index in [1.165, 1.54) is 5.56 Å². The lowest BCUT2D eigenvalue weighted by atomic mass is 9.73. The van der Waals surface area contributed by atoms with Gasteiger partial charge in [-0.3, -0.25) is 14.3 Å². The normalized spacial score (nSPS) is 19.5. The van der Waals surface area contributed by atoms with Gasteiger partial charge in [0.15, 0.2) is 0 Å². The lowest BCUT2D eigenvalue weighted by Gasteiger charge is -2.42. The summed E-state index contributed by atoms with van der Waals surface area (Å²) in [6, 6.07) is 8.24. The van der Waals surface area contributed by atoms with Crippen LogP contribution in [0.3, 0.4) is 0 Å². The lowest BCUT2D eigenvalue weighted by molar-refractivity contribution is -0.144. The van der Waals surface area contributed by atoms with Gasteiger partial charge in [-0.25, -0.2) is 0 Å². The van der Waals surface area contributed by atoms with E-state index in [2.05, 4.69) is 24.2 Å². The molecule has 2 aromatic rings. The van der Waals surface area contributed by atoms with Gasteiger partial charge in [-0.05, 0) is 50.2 Å². The van der Waals surface area contributed by atoms with E-state index >= 15 is 0 Å². The fourth-order valence-corrected chi connectivity index (χ4v) is 5.32. The molecule has 0 atom stereocenters. The summed E-state index contributed by atoms with van der Waals surface area (Å²) in [4.78, 5) is 30.4. The maximum Gasteiger partial charge on any atom is 0.257 e. The number of benzene rings is 1. The molecule has 2 aliphatic heterocycles. The first-order chi connectivity index (χ1) is 16.5. The van der Waals surface area contributed by atoms with Gasteiger partial charge in [0.25, 0.3) is 5.91 Å². The van der Waals surface area contributed by atoms with Crippen LogP contribution in [0.5, 0.6) is 5.75 Å². The molecule has 7 heteroatoms.